The predicted octanol–water partition coefficient (Wildman–Crippen LogP) is 6.09. The molecule has 5 aromatic rings. The molecule has 3 aromatic heterocycles. The van der Waals surface area contributed by atoms with Gasteiger partial charge in [-0.2, -0.15) is 0 Å². The van der Waals surface area contributed by atoms with E-state index in [0.717, 1.165) is 39.8 Å². The molecule has 2 fully saturated rings. The van der Waals surface area contributed by atoms with Crippen molar-refractivity contribution in [3.05, 3.63) is 104 Å². The average Bonchev–Trinajstić information content (AvgIpc) is 3.52. The molecule has 1 aliphatic heterocycles. The van der Waals surface area contributed by atoms with Crippen molar-refractivity contribution in [3.63, 3.8) is 0 Å². The number of nitrogens with one attached hydrogen (secondary N) is 3. The number of hydrogen-bond acceptors (Lipinski definition) is 8. The molecule has 4 heterocycles. The van der Waals surface area contributed by atoms with Crippen LogP contribution in [0.2, 0.25) is 10.0 Å². The predicted molar refractivity (Wildman–Crippen MR) is 200 cm³/mol. The van der Waals surface area contributed by atoms with Gasteiger partial charge in [0.05, 0.1) is 34.0 Å². The Morgan fingerprint density at radius 2 is 1.69 bits per heavy atom. The maximum Gasteiger partial charge on any atom is 0.262 e. The highest BCUT2D eigenvalue weighted by Gasteiger charge is 2.38. The number of nitrogens with zero attached hydrogens (tertiary/aromatic N) is 3. The lowest BCUT2D eigenvalue weighted by Crippen LogP contribution is -2.51. The topological polar surface area (TPSA) is 130 Å². The summed E-state index contributed by atoms with van der Waals surface area (Å²) in [6.45, 7) is 5.28. The van der Waals surface area contributed by atoms with Crippen molar-refractivity contribution in [1.82, 2.24) is 30.3 Å². The summed E-state index contributed by atoms with van der Waals surface area (Å²) in [6, 6.07) is 19.5. The van der Waals surface area contributed by atoms with Gasteiger partial charge in [0.2, 0.25) is 11.8 Å². The lowest BCUT2D eigenvalue weighted by Gasteiger charge is -2.41. The molecule has 0 unspecified atom stereocenters. The molecule has 12 heteroatoms. The van der Waals surface area contributed by atoms with Crippen LogP contribution in [-0.2, 0) is 17.9 Å². The Morgan fingerprint density at radius 1 is 0.980 bits per heavy atom. The number of aliphatic hydroxyl groups is 1. The van der Waals surface area contributed by atoms with E-state index in [-0.39, 0.29) is 23.6 Å². The third-order valence-electron chi connectivity index (χ3n) is 9.87. The van der Waals surface area contributed by atoms with E-state index in [4.69, 9.17) is 37.9 Å². The van der Waals surface area contributed by atoms with Crippen LogP contribution in [0, 0.1) is 6.92 Å². The van der Waals surface area contributed by atoms with Crippen molar-refractivity contribution in [2.75, 3.05) is 13.7 Å². The van der Waals surface area contributed by atoms with Gasteiger partial charge in [0.25, 0.3) is 5.56 Å². The van der Waals surface area contributed by atoms with Gasteiger partial charge in [-0.15, -0.1) is 0 Å². The number of ether oxygens (including phenoxy) is 1. The zero-order valence-electron chi connectivity index (χ0n) is 28.7. The van der Waals surface area contributed by atoms with Gasteiger partial charge in [-0.3, -0.25) is 14.0 Å². The van der Waals surface area contributed by atoms with Crippen LogP contribution in [0.25, 0.3) is 39.2 Å². The number of methoxy groups -OCH3 is 1. The fourth-order valence-corrected chi connectivity index (χ4v) is 7.75. The minimum absolute atomic E-state index is 0.0939. The number of carbonyl (C=O) groups excluding carboxylic acids is 1. The van der Waals surface area contributed by atoms with E-state index in [1.807, 2.05) is 74.5 Å². The Bertz CT molecular complexity index is 2200. The summed E-state index contributed by atoms with van der Waals surface area (Å²) in [5.41, 5.74) is 6.42. The molecule has 4 N–H and O–H groups in total. The third kappa shape index (κ3) is 7.24. The maximum absolute atomic E-state index is 13.5. The molecule has 0 radical (unpaired) electrons. The van der Waals surface area contributed by atoms with Gasteiger partial charge in [-0.25, -0.2) is 9.97 Å². The van der Waals surface area contributed by atoms with Gasteiger partial charge in [0.1, 0.15) is 5.65 Å². The maximum atomic E-state index is 13.5. The number of carbonyl (C=O) groups is 1. The highest BCUT2D eigenvalue weighted by atomic mass is 35.5. The number of fused-ring (bicyclic) bond motifs is 1. The van der Waals surface area contributed by atoms with Crippen LogP contribution in [-0.4, -0.2) is 56.7 Å². The second-order valence-corrected chi connectivity index (χ2v) is 14.5. The molecule has 1 saturated heterocycles. The average molecular weight is 728 g/mol. The Hall–Kier alpha value is -4.32. The van der Waals surface area contributed by atoms with E-state index in [0.29, 0.717) is 77.4 Å². The van der Waals surface area contributed by atoms with Gasteiger partial charge in [0.15, 0.2) is 0 Å². The van der Waals surface area contributed by atoms with Crippen molar-refractivity contribution in [2.45, 2.75) is 70.3 Å². The molecular weight excluding hydrogens is 687 g/mol. The summed E-state index contributed by atoms with van der Waals surface area (Å²) < 4.78 is 7.21. The second kappa shape index (κ2) is 14.4. The molecule has 0 bridgehead atoms. The van der Waals surface area contributed by atoms with Crippen LogP contribution in [0.1, 0.15) is 49.4 Å². The van der Waals surface area contributed by atoms with E-state index in [2.05, 4.69) is 16.0 Å². The molecule has 2 aliphatic rings. The highest BCUT2D eigenvalue weighted by molar-refractivity contribution is 6.39. The molecule has 1 atom stereocenters. The van der Waals surface area contributed by atoms with Crippen molar-refractivity contribution in [3.8, 4) is 39.4 Å². The number of amides is 1. The van der Waals surface area contributed by atoms with Crippen LogP contribution < -0.4 is 26.2 Å². The number of benzene rings is 2. The van der Waals surface area contributed by atoms with Crippen LogP contribution in [0.3, 0.4) is 0 Å². The Kier molecular flexibility index (Phi) is 9.88. The molecule has 1 aliphatic carbocycles. The number of halogens is 2. The van der Waals surface area contributed by atoms with E-state index >= 15 is 0 Å². The first-order chi connectivity index (χ1) is 24.5. The van der Waals surface area contributed by atoms with Gasteiger partial charge >= 0.3 is 0 Å². The fourth-order valence-electron chi connectivity index (χ4n) is 7.09. The number of pyridine rings is 2. The Morgan fingerprint density at radius 3 is 2.37 bits per heavy atom. The molecule has 264 valence electrons. The first kappa shape index (κ1) is 35.1. The van der Waals surface area contributed by atoms with Crippen LogP contribution >= 0.6 is 23.2 Å². The van der Waals surface area contributed by atoms with Crippen LogP contribution in [0.4, 0.5) is 0 Å². The van der Waals surface area contributed by atoms with Crippen molar-refractivity contribution >= 4 is 34.8 Å². The van der Waals surface area contributed by atoms with E-state index < -0.39 is 5.60 Å². The van der Waals surface area contributed by atoms with Gasteiger partial charge in [0, 0.05) is 77.8 Å². The van der Waals surface area contributed by atoms with Gasteiger partial charge in [-0.05, 0) is 56.9 Å². The summed E-state index contributed by atoms with van der Waals surface area (Å²) in [5.74, 6) is 0.587. The largest absolute Gasteiger partial charge is 0.481 e. The lowest BCUT2D eigenvalue weighted by molar-refractivity contribution is -0.119. The van der Waals surface area contributed by atoms with E-state index in [1.54, 1.807) is 17.7 Å². The normalized spacial score (nSPS) is 20.0. The van der Waals surface area contributed by atoms with Crippen molar-refractivity contribution < 1.29 is 14.6 Å². The molecular formula is C39H40Cl2N6O4. The molecule has 2 aromatic carbocycles. The fraction of sp³-hybridized carbons (Fsp3) is 0.333. The summed E-state index contributed by atoms with van der Waals surface area (Å²) in [6.07, 6.45) is 4.45. The monoisotopic (exact) mass is 726 g/mol. The molecule has 7 rings (SSSR count). The minimum Gasteiger partial charge on any atom is -0.481 e. The Balaban J connectivity index is 1.13. The molecule has 1 saturated carbocycles. The molecule has 51 heavy (non-hydrogen) atoms. The smallest absolute Gasteiger partial charge is 0.262 e. The van der Waals surface area contributed by atoms with Crippen LogP contribution in [0.5, 0.6) is 5.88 Å². The molecule has 0 spiro atoms. The first-order valence-corrected chi connectivity index (χ1v) is 17.9. The summed E-state index contributed by atoms with van der Waals surface area (Å²) in [5, 5.41) is 20.8. The first-order valence-electron chi connectivity index (χ1n) is 17.1. The molecule has 1 amide bonds. The van der Waals surface area contributed by atoms with Gasteiger partial charge in [-0.1, -0.05) is 65.7 Å². The number of aromatic nitrogens is 3. The molecule has 10 nitrogen and oxygen atoms in total. The van der Waals surface area contributed by atoms with Crippen molar-refractivity contribution in [2.24, 2.45) is 0 Å². The zero-order chi connectivity index (χ0) is 35.9. The zero-order valence-corrected chi connectivity index (χ0v) is 30.2. The van der Waals surface area contributed by atoms with Crippen LogP contribution in [0.15, 0.2) is 71.7 Å². The lowest BCUT2D eigenvalue weighted by atomic mass is 9.77. The summed E-state index contributed by atoms with van der Waals surface area (Å²) in [4.78, 5) is 34.5. The van der Waals surface area contributed by atoms with E-state index in [1.165, 1.54) is 0 Å². The number of aryl methyl sites for hydroxylation is 1. The van der Waals surface area contributed by atoms with Gasteiger partial charge < -0.3 is 25.8 Å². The van der Waals surface area contributed by atoms with Crippen molar-refractivity contribution in [1.29, 1.82) is 0 Å². The second-order valence-electron chi connectivity index (χ2n) is 13.7. The number of hydrogen-bond donors (Lipinski definition) is 4. The minimum atomic E-state index is -0.638. The third-order valence-corrected chi connectivity index (χ3v) is 10.7. The van der Waals surface area contributed by atoms with E-state index in [9.17, 15) is 14.7 Å². The highest BCUT2D eigenvalue weighted by Crippen LogP contribution is 2.42. The number of rotatable bonds is 11. The summed E-state index contributed by atoms with van der Waals surface area (Å²) in [7, 11) is 1.59. The standard InChI is InChI=1S/C39H40Cl2N6O4/c1-22-31(21-43-26-17-39(2,50)18-26)38(49)47-15-14-23(16-33(47)44-22)27-6-4-7-28(35(27)40)29-8-5-9-30(36(29)41)32-12-10-24(37(46-32)51-3)19-42-20-25-11-13-34(48)45-25/h4-10,12,14-16,25-26,42-43,50H,11,13,17-21H2,1-3H3,(H,45,48)/t25-,26?,39?/m0/s1. The Labute approximate surface area is 306 Å². The SMILES string of the molecule is COc1nc(-c2cccc(-c3cccc(-c4ccn5c(=O)c(CNC6CC(C)(O)C6)c(C)nc5c4)c3Cl)c2Cl)ccc1CNC[C@@H]1CCC(=O)N1. The quantitative estimate of drug-likeness (QED) is 0.129. The summed E-state index contributed by atoms with van der Waals surface area (Å²) >= 11 is 14.2.